The van der Waals surface area contributed by atoms with Crippen LogP contribution in [0.25, 0.3) is 10.2 Å². The Morgan fingerprint density at radius 1 is 1.03 bits per heavy atom. The van der Waals surface area contributed by atoms with Crippen LogP contribution >= 0.6 is 11.3 Å². The summed E-state index contributed by atoms with van der Waals surface area (Å²) in [4.78, 5) is 25.1. The standard InChI is InChI=1S/C27H29N3O4S2/c1-17(2)30-23-14-13-22(15-24(23)35-27(30)32)28-26(31)21-11-9-20(10-12-21)16-29(36(5,33)34)25-18(3)7-6-8-19(25)4/h6-15,17H,16H2,1-5H3,(H,28,31). The van der Waals surface area contributed by atoms with E-state index in [2.05, 4.69) is 5.32 Å². The first-order valence-corrected chi connectivity index (χ1v) is 14.2. The van der Waals surface area contributed by atoms with Gasteiger partial charge in [0.15, 0.2) is 0 Å². The van der Waals surface area contributed by atoms with Gasteiger partial charge in [-0.05, 0) is 74.7 Å². The molecule has 0 saturated heterocycles. The van der Waals surface area contributed by atoms with Gasteiger partial charge >= 0.3 is 4.87 Å². The molecule has 4 aromatic rings. The number of carbonyl (C=O) groups is 1. The molecule has 1 heterocycles. The van der Waals surface area contributed by atoms with E-state index < -0.39 is 10.0 Å². The van der Waals surface area contributed by atoms with Gasteiger partial charge in [0.25, 0.3) is 5.91 Å². The van der Waals surface area contributed by atoms with Crippen LogP contribution in [0.5, 0.6) is 0 Å². The second-order valence-corrected chi connectivity index (χ2v) is 12.1. The summed E-state index contributed by atoms with van der Waals surface area (Å²) in [6.45, 7) is 7.87. The number of aromatic nitrogens is 1. The lowest BCUT2D eigenvalue weighted by molar-refractivity contribution is 0.102. The number of anilines is 2. The minimum atomic E-state index is -3.52. The van der Waals surface area contributed by atoms with Crippen LogP contribution < -0.4 is 14.5 Å². The third-order valence-corrected chi connectivity index (χ3v) is 8.05. The van der Waals surface area contributed by atoms with Crippen LogP contribution in [-0.4, -0.2) is 25.1 Å². The molecule has 0 aliphatic carbocycles. The maximum absolute atomic E-state index is 12.9. The Bertz CT molecular complexity index is 1580. The first kappa shape index (κ1) is 25.7. The predicted molar refractivity (Wildman–Crippen MR) is 148 cm³/mol. The average molecular weight is 524 g/mol. The van der Waals surface area contributed by atoms with Gasteiger partial charge in [-0.3, -0.25) is 18.5 Å². The topological polar surface area (TPSA) is 88.5 Å². The SMILES string of the molecule is Cc1cccc(C)c1N(Cc1ccc(C(=O)Nc2ccc3c(c2)sc(=O)n3C(C)C)cc1)S(C)(=O)=O. The lowest BCUT2D eigenvalue weighted by Gasteiger charge is -2.26. The molecule has 1 N–H and O–H groups in total. The molecule has 9 heteroatoms. The Balaban J connectivity index is 1.54. The summed E-state index contributed by atoms with van der Waals surface area (Å²) >= 11 is 1.16. The highest BCUT2D eigenvalue weighted by molar-refractivity contribution is 7.92. The highest BCUT2D eigenvalue weighted by Crippen LogP contribution is 2.29. The number of nitrogens with one attached hydrogen (secondary N) is 1. The first-order valence-electron chi connectivity index (χ1n) is 11.5. The van der Waals surface area contributed by atoms with Crippen molar-refractivity contribution in [3.63, 3.8) is 0 Å². The van der Waals surface area contributed by atoms with Crippen molar-refractivity contribution in [2.75, 3.05) is 15.9 Å². The van der Waals surface area contributed by atoms with E-state index in [1.54, 1.807) is 41.0 Å². The number of para-hydroxylation sites is 1. The first-order chi connectivity index (χ1) is 17.0. The molecule has 0 aliphatic heterocycles. The van der Waals surface area contributed by atoms with Crippen molar-refractivity contribution in [2.45, 2.75) is 40.3 Å². The number of amides is 1. The highest BCUT2D eigenvalue weighted by Gasteiger charge is 2.21. The lowest BCUT2D eigenvalue weighted by atomic mass is 10.1. The number of thiazole rings is 1. The Morgan fingerprint density at radius 3 is 2.25 bits per heavy atom. The molecule has 4 rings (SSSR count). The Kier molecular flexibility index (Phi) is 7.06. The molecular formula is C27H29N3O4S2. The number of sulfonamides is 1. The van der Waals surface area contributed by atoms with Crippen LogP contribution in [0, 0.1) is 13.8 Å². The van der Waals surface area contributed by atoms with Crippen molar-refractivity contribution in [2.24, 2.45) is 0 Å². The lowest BCUT2D eigenvalue weighted by Crippen LogP contribution is -2.30. The summed E-state index contributed by atoms with van der Waals surface area (Å²) in [5.41, 5.74) is 5.09. The smallest absolute Gasteiger partial charge is 0.308 e. The molecule has 0 atom stereocenters. The second-order valence-electron chi connectivity index (χ2n) is 9.18. The van der Waals surface area contributed by atoms with Crippen LogP contribution in [0.3, 0.4) is 0 Å². The van der Waals surface area contributed by atoms with Gasteiger partial charge in [0, 0.05) is 17.3 Å². The van der Waals surface area contributed by atoms with Crippen LogP contribution in [0.4, 0.5) is 11.4 Å². The zero-order chi connectivity index (χ0) is 26.2. The second kappa shape index (κ2) is 9.91. The van der Waals surface area contributed by atoms with E-state index in [4.69, 9.17) is 0 Å². The molecule has 0 spiro atoms. The number of benzene rings is 3. The van der Waals surface area contributed by atoms with Crippen molar-refractivity contribution in [3.8, 4) is 0 Å². The van der Waals surface area contributed by atoms with E-state index in [0.29, 0.717) is 16.9 Å². The number of nitrogens with zero attached hydrogens (tertiary/aromatic N) is 2. The minimum Gasteiger partial charge on any atom is -0.322 e. The normalized spacial score (nSPS) is 11.7. The summed E-state index contributed by atoms with van der Waals surface area (Å²) in [6.07, 6.45) is 1.20. The van der Waals surface area contributed by atoms with E-state index in [9.17, 15) is 18.0 Å². The molecule has 3 aromatic carbocycles. The minimum absolute atomic E-state index is 0.0249. The quantitative estimate of drug-likeness (QED) is 0.347. The summed E-state index contributed by atoms with van der Waals surface area (Å²) in [5, 5.41) is 2.88. The van der Waals surface area contributed by atoms with Crippen LogP contribution in [0.2, 0.25) is 0 Å². The maximum Gasteiger partial charge on any atom is 0.308 e. The molecule has 188 valence electrons. The van der Waals surface area contributed by atoms with Crippen LogP contribution in [0.15, 0.2) is 65.5 Å². The van der Waals surface area contributed by atoms with Crippen molar-refractivity contribution in [3.05, 3.63) is 92.6 Å². The fourth-order valence-electron chi connectivity index (χ4n) is 4.30. The van der Waals surface area contributed by atoms with Crippen molar-refractivity contribution in [1.29, 1.82) is 0 Å². The summed E-state index contributed by atoms with van der Waals surface area (Å²) in [5.74, 6) is -0.286. The van der Waals surface area contributed by atoms with Crippen molar-refractivity contribution < 1.29 is 13.2 Å². The fourth-order valence-corrected chi connectivity index (χ4v) is 6.35. The molecule has 0 fully saturated rings. The average Bonchev–Trinajstić information content (AvgIpc) is 3.13. The van der Waals surface area contributed by atoms with Gasteiger partial charge < -0.3 is 5.32 Å². The number of hydrogen-bond donors (Lipinski definition) is 1. The number of carbonyl (C=O) groups excluding carboxylic acids is 1. The Morgan fingerprint density at radius 2 is 1.67 bits per heavy atom. The largest absolute Gasteiger partial charge is 0.322 e. The molecule has 36 heavy (non-hydrogen) atoms. The van der Waals surface area contributed by atoms with Gasteiger partial charge in [-0.25, -0.2) is 8.42 Å². The summed E-state index contributed by atoms with van der Waals surface area (Å²) < 4.78 is 29.2. The van der Waals surface area contributed by atoms with Crippen molar-refractivity contribution >= 4 is 48.9 Å². The number of hydrogen-bond acceptors (Lipinski definition) is 5. The summed E-state index contributed by atoms with van der Waals surface area (Å²) in [6, 6.07) is 18.1. The van der Waals surface area contributed by atoms with Gasteiger partial charge in [-0.15, -0.1) is 0 Å². The molecule has 1 aromatic heterocycles. The van der Waals surface area contributed by atoms with Gasteiger partial charge in [-0.2, -0.15) is 0 Å². The van der Waals surface area contributed by atoms with E-state index in [0.717, 1.165) is 38.2 Å². The fraction of sp³-hybridized carbons (Fsp3) is 0.259. The third-order valence-electron chi connectivity index (χ3n) is 6.02. The molecule has 0 radical (unpaired) electrons. The molecule has 0 unspecified atom stereocenters. The van der Waals surface area contributed by atoms with Gasteiger partial charge in [0.05, 0.1) is 28.7 Å². The Hall–Kier alpha value is -3.43. The van der Waals surface area contributed by atoms with E-state index in [-0.39, 0.29) is 23.4 Å². The van der Waals surface area contributed by atoms with Crippen LogP contribution in [-0.2, 0) is 16.6 Å². The molecule has 0 bridgehead atoms. The van der Waals surface area contributed by atoms with E-state index in [1.807, 2.05) is 52.0 Å². The Labute approximate surface area is 215 Å². The molecule has 0 aliphatic rings. The molecular weight excluding hydrogens is 494 g/mol. The molecule has 7 nitrogen and oxygen atoms in total. The monoisotopic (exact) mass is 523 g/mol. The zero-order valence-corrected chi connectivity index (χ0v) is 22.5. The van der Waals surface area contributed by atoms with Gasteiger partial charge in [0.2, 0.25) is 10.0 Å². The highest BCUT2D eigenvalue weighted by atomic mass is 32.2. The summed E-state index contributed by atoms with van der Waals surface area (Å²) in [7, 11) is -3.52. The third kappa shape index (κ3) is 5.22. The van der Waals surface area contributed by atoms with E-state index >= 15 is 0 Å². The van der Waals surface area contributed by atoms with Crippen molar-refractivity contribution in [1.82, 2.24) is 4.57 Å². The van der Waals surface area contributed by atoms with Gasteiger partial charge in [0.1, 0.15) is 0 Å². The number of rotatable bonds is 7. The zero-order valence-electron chi connectivity index (χ0n) is 20.9. The number of aryl methyl sites for hydroxylation is 2. The maximum atomic E-state index is 12.9. The van der Waals surface area contributed by atoms with Gasteiger partial charge in [-0.1, -0.05) is 41.7 Å². The predicted octanol–water partition coefficient (Wildman–Crippen LogP) is 5.48. The number of fused-ring (bicyclic) bond motifs is 1. The molecule has 1 amide bonds. The molecule has 0 saturated carbocycles. The van der Waals surface area contributed by atoms with Crippen LogP contribution in [0.1, 0.15) is 46.9 Å². The van der Waals surface area contributed by atoms with E-state index in [1.165, 1.54) is 10.6 Å².